The minimum atomic E-state index is -0.675. The van der Waals surface area contributed by atoms with Crippen molar-refractivity contribution in [3.8, 4) is 0 Å². The van der Waals surface area contributed by atoms with Gasteiger partial charge in [0.2, 0.25) is 0 Å². The molecule has 0 aromatic rings. The van der Waals surface area contributed by atoms with Crippen molar-refractivity contribution in [2.24, 2.45) is 0 Å². The van der Waals surface area contributed by atoms with Gasteiger partial charge in [-0.1, -0.05) is 26.2 Å². The summed E-state index contributed by atoms with van der Waals surface area (Å²) in [6, 6.07) is 2.00. The third-order valence-corrected chi connectivity index (χ3v) is 3.03. The number of unbranched alkanes of at least 4 members (excludes halogenated alkanes) is 3. The summed E-state index contributed by atoms with van der Waals surface area (Å²) in [5.41, 5.74) is 0. The van der Waals surface area contributed by atoms with Crippen LogP contribution in [0.3, 0.4) is 0 Å². The minimum Gasteiger partial charge on any atom is -0.481 e. The van der Waals surface area contributed by atoms with Crippen LogP contribution in [-0.2, 0) is 4.79 Å². The molecule has 0 aliphatic rings. The molecule has 0 aromatic heterocycles. The molecule has 0 fully saturated rings. The van der Waals surface area contributed by atoms with Gasteiger partial charge < -0.3 is 5.11 Å². The van der Waals surface area contributed by atoms with E-state index in [4.69, 9.17) is 5.11 Å². The quantitative estimate of drug-likeness (QED) is 0.659. The average Bonchev–Trinajstić information content (AvgIpc) is 2.23. The maximum atomic E-state index is 9.96. The van der Waals surface area contributed by atoms with E-state index < -0.39 is 5.97 Å². The van der Waals surface area contributed by atoms with Crippen LogP contribution in [0.25, 0.3) is 0 Å². The molecular formula is C16H35NO2. The van der Waals surface area contributed by atoms with Gasteiger partial charge >= 0.3 is 5.97 Å². The fourth-order valence-corrected chi connectivity index (χ4v) is 2.49. The van der Waals surface area contributed by atoms with Crippen molar-refractivity contribution in [2.75, 3.05) is 0 Å². The first-order chi connectivity index (χ1) is 8.73. The lowest BCUT2D eigenvalue weighted by Gasteiger charge is -2.34. The van der Waals surface area contributed by atoms with Crippen molar-refractivity contribution in [1.29, 1.82) is 0 Å². The molecule has 0 radical (unpaired) electrons. The fourth-order valence-electron chi connectivity index (χ4n) is 2.49. The Morgan fingerprint density at radius 2 is 1.32 bits per heavy atom. The Balaban J connectivity index is 0. The lowest BCUT2D eigenvalue weighted by Crippen LogP contribution is -2.42. The third kappa shape index (κ3) is 13.7. The molecule has 0 spiro atoms. The zero-order valence-electron chi connectivity index (χ0n) is 14.1. The number of carboxylic acid groups (broad SMARTS) is 1. The van der Waals surface area contributed by atoms with E-state index in [-0.39, 0.29) is 0 Å². The number of carbonyl (C=O) groups is 1. The molecule has 0 atom stereocenters. The Morgan fingerprint density at radius 3 is 1.53 bits per heavy atom. The molecule has 0 amide bonds. The van der Waals surface area contributed by atoms with Crippen molar-refractivity contribution in [3.05, 3.63) is 0 Å². The molecule has 1 N–H and O–H groups in total. The van der Waals surface area contributed by atoms with Crippen molar-refractivity contribution < 1.29 is 9.90 Å². The Bertz CT molecular complexity index is 194. The van der Waals surface area contributed by atoms with Gasteiger partial charge in [0.05, 0.1) is 0 Å². The monoisotopic (exact) mass is 273 g/mol. The Hall–Kier alpha value is -0.570. The van der Waals surface area contributed by atoms with Crippen LogP contribution in [-0.4, -0.2) is 34.1 Å². The molecule has 116 valence electrons. The van der Waals surface area contributed by atoms with Crippen molar-refractivity contribution >= 4 is 5.97 Å². The Morgan fingerprint density at radius 1 is 0.895 bits per heavy atom. The van der Waals surface area contributed by atoms with Gasteiger partial charge in [0.25, 0.3) is 0 Å². The highest BCUT2D eigenvalue weighted by atomic mass is 16.4. The van der Waals surface area contributed by atoms with E-state index in [1.807, 2.05) is 0 Å². The van der Waals surface area contributed by atoms with E-state index in [0.29, 0.717) is 24.5 Å². The summed E-state index contributed by atoms with van der Waals surface area (Å²) in [6.45, 7) is 15.6. The van der Waals surface area contributed by atoms with E-state index in [1.165, 1.54) is 6.42 Å². The molecule has 0 rings (SSSR count). The molecule has 19 heavy (non-hydrogen) atoms. The minimum absolute atomic E-state index is 0.333. The highest BCUT2D eigenvalue weighted by Gasteiger charge is 2.15. The molecule has 0 saturated carbocycles. The maximum Gasteiger partial charge on any atom is 0.303 e. The lowest BCUT2D eigenvalue weighted by atomic mass is 10.2. The predicted molar refractivity (Wildman–Crippen MR) is 83.6 cm³/mol. The van der Waals surface area contributed by atoms with Crippen LogP contribution < -0.4 is 0 Å². The van der Waals surface area contributed by atoms with Gasteiger partial charge in [-0.2, -0.15) is 0 Å². The molecule has 3 nitrogen and oxygen atoms in total. The van der Waals surface area contributed by atoms with Gasteiger partial charge in [-0.3, -0.25) is 9.69 Å². The number of nitrogens with zero attached hydrogens (tertiary/aromatic N) is 1. The summed E-state index contributed by atoms with van der Waals surface area (Å²) in [5.74, 6) is -0.675. The normalized spacial score (nSPS) is 11.1. The van der Waals surface area contributed by atoms with Crippen molar-refractivity contribution in [2.45, 2.75) is 98.7 Å². The van der Waals surface area contributed by atoms with Gasteiger partial charge in [0.15, 0.2) is 0 Å². The second-order valence-electron chi connectivity index (χ2n) is 5.93. The standard InChI is InChI=1S/C9H21N.C7H14O2/c1-7(2)10(8(3)4)9(5)6;1-2-3-4-5-6-7(8)9/h7-9H,1-6H3;2-6H2,1H3,(H,8,9). The summed E-state index contributed by atoms with van der Waals surface area (Å²) < 4.78 is 0. The molecule has 0 unspecified atom stereocenters. The van der Waals surface area contributed by atoms with E-state index in [2.05, 4.69) is 53.4 Å². The van der Waals surface area contributed by atoms with E-state index in [9.17, 15) is 4.79 Å². The Kier molecular flexibility index (Phi) is 13.6. The number of aliphatic carboxylic acids is 1. The first kappa shape index (κ1) is 20.7. The number of rotatable bonds is 8. The van der Waals surface area contributed by atoms with Crippen LogP contribution >= 0.6 is 0 Å². The molecule has 0 saturated heterocycles. The molecule has 3 heteroatoms. The zero-order valence-corrected chi connectivity index (χ0v) is 14.1. The smallest absolute Gasteiger partial charge is 0.303 e. The van der Waals surface area contributed by atoms with Crippen LogP contribution in [0.2, 0.25) is 0 Å². The fraction of sp³-hybridized carbons (Fsp3) is 0.938. The average molecular weight is 273 g/mol. The molecule has 0 aliphatic heterocycles. The highest BCUT2D eigenvalue weighted by molar-refractivity contribution is 5.66. The van der Waals surface area contributed by atoms with Gasteiger partial charge in [0, 0.05) is 24.5 Å². The topological polar surface area (TPSA) is 40.5 Å². The number of hydrogen-bond acceptors (Lipinski definition) is 2. The third-order valence-electron chi connectivity index (χ3n) is 3.03. The molecule has 0 aromatic carbocycles. The number of hydrogen-bond donors (Lipinski definition) is 1. The second-order valence-corrected chi connectivity index (χ2v) is 5.93. The van der Waals surface area contributed by atoms with Crippen LogP contribution in [0, 0.1) is 0 Å². The van der Waals surface area contributed by atoms with Gasteiger partial charge in [-0.05, 0) is 48.0 Å². The van der Waals surface area contributed by atoms with Crippen LogP contribution in [0.5, 0.6) is 0 Å². The first-order valence-corrected chi connectivity index (χ1v) is 7.73. The lowest BCUT2D eigenvalue weighted by molar-refractivity contribution is -0.137. The van der Waals surface area contributed by atoms with Gasteiger partial charge in [-0.15, -0.1) is 0 Å². The SMILES string of the molecule is CC(C)N(C(C)C)C(C)C.CCCCCCC(=O)O. The summed E-state index contributed by atoms with van der Waals surface area (Å²) >= 11 is 0. The second kappa shape index (κ2) is 12.5. The largest absolute Gasteiger partial charge is 0.481 e. The van der Waals surface area contributed by atoms with E-state index in [0.717, 1.165) is 19.3 Å². The van der Waals surface area contributed by atoms with Crippen LogP contribution in [0.4, 0.5) is 0 Å². The Labute approximate surface area is 120 Å². The van der Waals surface area contributed by atoms with Gasteiger partial charge in [-0.25, -0.2) is 0 Å². The molecule has 0 bridgehead atoms. The molecular weight excluding hydrogens is 238 g/mol. The van der Waals surface area contributed by atoms with Gasteiger partial charge in [0.1, 0.15) is 0 Å². The maximum absolute atomic E-state index is 9.96. The molecule has 0 heterocycles. The summed E-state index contributed by atoms with van der Waals surface area (Å²) in [7, 11) is 0. The summed E-state index contributed by atoms with van der Waals surface area (Å²) in [6.07, 6.45) is 4.55. The predicted octanol–water partition coefficient (Wildman–Crippen LogP) is 4.56. The first-order valence-electron chi connectivity index (χ1n) is 7.73. The summed E-state index contributed by atoms with van der Waals surface area (Å²) in [5, 5.41) is 8.21. The van der Waals surface area contributed by atoms with Crippen LogP contribution in [0.1, 0.15) is 80.6 Å². The van der Waals surface area contributed by atoms with E-state index >= 15 is 0 Å². The van der Waals surface area contributed by atoms with E-state index in [1.54, 1.807) is 0 Å². The summed E-state index contributed by atoms with van der Waals surface area (Å²) in [4.78, 5) is 12.5. The van der Waals surface area contributed by atoms with Crippen molar-refractivity contribution in [1.82, 2.24) is 4.90 Å². The van der Waals surface area contributed by atoms with Crippen LogP contribution in [0.15, 0.2) is 0 Å². The zero-order chi connectivity index (χ0) is 15.4. The highest BCUT2D eigenvalue weighted by Crippen LogP contribution is 2.09. The van der Waals surface area contributed by atoms with Crippen molar-refractivity contribution in [3.63, 3.8) is 0 Å². The molecule has 0 aliphatic carbocycles. The number of carboxylic acids is 1.